The monoisotopic (exact) mass is 403 g/mol. The van der Waals surface area contributed by atoms with E-state index in [1.54, 1.807) is 35.3 Å². The Morgan fingerprint density at radius 3 is 2.86 bits per heavy atom. The van der Waals surface area contributed by atoms with E-state index in [0.29, 0.717) is 23.4 Å². The Morgan fingerprint density at radius 2 is 2.18 bits per heavy atom. The highest BCUT2D eigenvalue weighted by Crippen LogP contribution is 2.32. The van der Waals surface area contributed by atoms with E-state index in [0.717, 1.165) is 0 Å². The molecule has 0 amide bonds. The number of hydrogen-bond acceptors (Lipinski definition) is 6. The molecule has 2 aromatic heterocycles. The second-order valence-corrected chi connectivity index (χ2v) is 8.12. The Balaban J connectivity index is 1.75. The van der Waals surface area contributed by atoms with Crippen LogP contribution in [0.25, 0.3) is 5.69 Å². The molecule has 2 N–H and O–H groups in total. The van der Waals surface area contributed by atoms with Crippen LogP contribution < -0.4 is 4.74 Å². The molecule has 3 aromatic rings. The predicted molar refractivity (Wildman–Crippen MR) is 97.0 cm³/mol. The largest absolute Gasteiger partial charge is 0.495 e. The number of rotatable bonds is 5. The number of fused-ring (bicyclic) bond motifs is 1. The summed E-state index contributed by atoms with van der Waals surface area (Å²) in [5, 5.41) is 19.9. The van der Waals surface area contributed by atoms with Crippen LogP contribution in [0.1, 0.15) is 21.7 Å². The van der Waals surface area contributed by atoms with Gasteiger partial charge in [0.1, 0.15) is 10.6 Å². The van der Waals surface area contributed by atoms with Gasteiger partial charge in [0.15, 0.2) is 5.69 Å². The van der Waals surface area contributed by atoms with Crippen molar-refractivity contribution < 1.29 is 23.1 Å². The zero-order valence-electron chi connectivity index (χ0n) is 14.9. The number of carboxylic acid groups (broad SMARTS) is 1. The van der Waals surface area contributed by atoms with Crippen molar-refractivity contribution in [2.75, 3.05) is 13.7 Å². The number of nitrogens with zero attached hydrogens (tertiary/aromatic N) is 4. The minimum Gasteiger partial charge on any atom is -0.495 e. The molecule has 0 radical (unpaired) electrons. The fourth-order valence-electron chi connectivity index (χ4n) is 3.22. The smallest absolute Gasteiger partial charge is 0.356 e. The first-order chi connectivity index (χ1) is 13.4. The number of benzene rings is 1. The number of aromatic amines is 1. The van der Waals surface area contributed by atoms with Gasteiger partial charge in [0, 0.05) is 43.2 Å². The molecule has 10 nitrogen and oxygen atoms in total. The topological polar surface area (TPSA) is 130 Å². The van der Waals surface area contributed by atoms with Crippen LogP contribution in [0, 0.1) is 0 Å². The van der Waals surface area contributed by atoms with E-state index < -0.39 is 16.0 Å². The van der Waals surface area contributed by atoms with Crippen molar-refractivity contribution in [3.05, 3.63) is 53.6 Å². The molecule has 0 aliphatic carbocycles. The summed E-state index contributed by atoms with van der Waals surface area (Å²) < 4.78 is 34.7. The minimum atomic E-state index is -3.95. The molecular weight excluding hydrogens is 386 g/mol. The lowest BCUT2D eigenvalue weighted by molar-refractivity contribution is 0.0688. The Hall–Kier alpha value is -3.18. The molecule has 1 aromatic carbocycles. The van der Waals surface area contributed by atoms with Crippen molar-refractivity contribution in [1.82, 2.24) is 24.3 Å². The van der Waals surface area contributed by atoms with Crippen LogP contribution in [0.3, 0.4) is 0 Å². The van der Waals surface area contributed by atoms with Gasteiger partial charge in [-0.15, -0.1) is 0 Å². The molecule has 0 saturated carbocycles. The van der Waals surface area contributed by atoms with Crippen molar-refractivity contribution in [1.29, 1.82) is 0 Å². The molecule has 0 spiro atoms. The Labute approximate surface area is 160 Å². The lowest BCUT2D eigenvalue weighted by atomic mass is 10.1. The summed E-state index contributed by atoms with van der Waals surface area (Å²) in [6, 6.07) is 6.50. The van der Waals surface area contributed by atoms with Crippen molar-refractivity contribution in [3.8, 4) is 11.4 Å². The molecule has 0 bridgehead atoms. The first-order valence-corrected chi connectivity index (χ1v) is 9.83. The maximum absolute atomic E-state index is 13.3. The number of nitrogens with one attached hydrogen (secondary N) is 1. The van der Waals surface area contributed by atoms with Gasteiger partial charge >= 0.3 is 5.97 Å². The quantitative estimate of drug-likeness (QED) is 0.651. The second kappa shape index (κ2) is 6.77. The maximum atomic E-state index is 13.3. The summed E-state index contributed by atoms with van der Waals surface area (Å²) >= 11 is 0. The minimum absolute atomic E-state index is 0.00757. The summed E-state index contributed by atoms with van der Waals surface area (Å²) in [4.78, 5) is 11.3. The third-order valence-corrected chi connectivity index (χ3v) is 6.50. The van der Waals surface area contributed by atoms with E-state index in [-0.39, 0.29) is 29.4 Å². The highest BCUT2D eigenvalue weighted by molar-refractivity contribution is 7.89. The molecule has 0 atom stereocenters. The summed E-state index contributed by atoms with van der Waals surface area (Å²) in [7, 11) is -2.55. The van der Waals surface area contributed by atoms with Crippen LogP contribution in [-0.4, -0.2) is 57.4 Å². The molecule has 0 unspecified atom stereocenters. The number of aromatic carboxylic acids is 1. The first kappa shape index (κ1) is 18.2. The van der Waals surface area contributed by atoms with Gasteiger partial charge in [0.05, 0.1) is 12.8 Å². The molecule has 28 heavy (non-hydrogen) atoms. The average molecular weight is 403 g/mol. The van der Waals surface area contributed by atoms with Gasteiger partial charge in [-0.1, -0.05) is 0 Å². The number of H-pyrrole nitrogens is 1. The lowest BCUT2D eigenvalue weighted by Crippen LogP contribution is -2.36. The van der Waals surface area contributed by atoms with E-state index in [4.69, 9.17) is 4.74 Å². The fraction of sp³-hybridized carbons (Fsp3) is 0.235. The van der Waals surface area contributed by atoms with Crippen LogP contribution in [0.15, 0.2) is 41.6 Å². The number of ether oxygens (including phenoxy) is 1. The van der Waals surface area contributed by atoms with E-state index in [2.05, 4.69) is 15.3 Å². The highest BCUT2D eigenvalue weighted by Gasteiger charge is 2.34. The molecule has 3 heterocycles. The standard InChI is InChI=1S/C17H17N5O5S/c1-27-14-4-3-11(22-7-2-6-18-22)9-15(14)28(25,26)21-8-5-13-12(10-21)16(17(23)24)20-19-13/h2-4,6-7,9H,5,8,10H2,1H3,(H,19,20)(H,23,24). The molecule has 11 heteroatoms. The van der Waals surface area contributed by atoms with Crippen molar-refractivity contribution in [3.63, 3.8) is 0 Å². The summed E-state index contributed by atoms with van der Waals surface area (Å²) in [5.74, 6) is -0.998. The van der Waals surface area contributed by atoms with Crippen molar-refractivity contribution in [2.45, 2.75) is 17.9 Å². The third-order valence-electron chi connectivity index (χ3n) is 4.64. The number of carboxylic acids is 1. The van der Waals surface area contributed by atoms with Crippen LogP contribution in [-0.2, 0) is 23.0 Å². The highest BCUT2D eigenvalue weighted by atomic mass is 32.2. The van der Waals surface area contributed by atoms with Crippen molar-refractivity contribution in [2.24, 2.45) is 0 Å². The SMILES string of the molecule is COc1ccc(-n2cccn2)cc1S(=O)(=O)N1CCc2[nH]nc(C(=O)O)c2C1. The molecule has 1 aliphatic heterocycles. The number of sulfonamides is 1. The molecule has 0 saturated heterocycles. The van der Waals surface area contributed by atoms with Crippen LogP contribution in [0.4, 0.5) is 0 Å². The fourth-order valence-corrected chi connectivity index (χ4v) is 4.81. The maximum Gasteiger partial charge on any atom is 0.356 e. The van der Waals surface area contributed by atoms with Crippen LogP contribution >= 0.6 is 0 Å². The summed E-state index contributed by atoms with van der Waals surface area (Å²) in [5.41, 5.74) is 1.43. The number of methoxy groups -OCH3 is 1. The van der Waals surface area contributed by atoms with E-state index in [1.165, 1.54) is 17.5 Å². The van der Waals surface area contributed by atoms with Gasteiger partial charge in [-0.3, -0.25) is 5.10 Å². The number of carbonyl (C=O) groups is 1. The zero-order chi connectivity index (χ0) is 19.9. The van der Waals surface area contributed by atoms with Gasteiger partial charge in [0.25, 0.3) is 0 Å². The number of hydrogen-bond donors (Lipinski definition) is 2. The first-order valence-electron chi connectivity index (χ1n) is 8.39. The van der Waals surface area contributed by atoms with Crippen LogP contribution in [0.2, 0.25) is 0 Å². The molecular formula is C17H17N5O5S. The van der Waals surface area contributed by atoms with Gasteiger partial charge < -0.3 is 9.84 Å². The predicted octanol–water partition coefficient (Wildman–Crippen LogP) is 1.05. The summed E-state index contributed by atoms with van der Waals surface area (Å²) in [6.07, 6.45) is 3.64. The Kier molecular flexibility index (Phi) is 4.40. The normalized spacial score (nSPS) is 14.6. The van der Waals surface area contributed by atoms with Gasteiger partial charge in [-0.2, -0.15) is 14.5 Å². The average Bonchev–Trinajstić information content (AvgIpc) is 3.36. The van der Waals surface area contributed by atoms with Gasteiger partial charge in [-0.05, 0) is 24.3 Å². The van der Waals surface area contributed by atoms with Crippen LogP contribution in [0.5, 0.6) is 5.75 Å². The zero-order valence-corrected chi connectivity index (χ0v) is 15.7. The number of aromatic nitrogens is 4. The van der Waals surface area contributed by atoms with E-state index in [9.17, 15) is 18.3 Å². The molecule has 1 aliphatic rings. The van der Waals surface area contributed by atoms with E-state index >= 15 is 0 Å². The Bertz CT molecular complexity index is 1140. The van der Waals surface area contributed by atoms with E-state index in [1.807, 2.05) is 0 Å². The Morgan fingerprint density at radius 1 is 1.36 bits per heavy atom. The van der Waals surface area contributed by atoms with Gasteiger partial charge in [0.2, 0.25) is 10.0 Å². The lowest BCUT2D eigenvalue weighted by Gasteiger charge is -2.27. The van der Waals surface area contributed by atoms with Gasteiger partial charge in [-0.25, -0.2) is 17.9 Å². The molecule has 0 fully saturated rings. The third kappa shape index (κ3) is 2.94. The molecule has 146 valence electrons. The molecule has 4 rings (SSSR count). The van der Waals surface area contributed by atoms with Crippen molar-refractivity contribution >= 4 is 16.0 Å². The second-order valence-electron chi connectivity index (χ2n) is 6.21. The summed E-state index contributed by atoms with van der Waals surface area (Å²) in [6.45, 7) is 0.122.